The summed E-state index contributed by atoms with van der Waals surface area (Å²) >= 11 is 0. The molecule has 0 radical (unpaired) electrons. The molecule has 6 nitrogen and oxygen atoms in total. The number of carbonyl (C=O) groups excluding carboxylic acids is 1. The summed E-state index contributed by atoms with van der Waals surface area (Å²) in [6.45, 7) is 0. The van der Waals surface area contributed by atoms with E-state index in [1.165, 1.54) is 11.1 Å². The molecule has 6 heteroatoms. The van der Waals surface area contributed by atoms with Gasteiger partial charge in [0.1, 0.15) is 5.75 Å². The van der Waals surface area contributed by atoms with Crippen molar-refractivity contribution in [1.82, 2.24) is 15.0 Å². The number of hydrogen-bond donors (Lipinski definition) is 0. The first kappa shape index (κ1) is 16.7. The first-order valence-corrected chi connectivity index (χ1v) is 8.37. The summed E-state index contributed by atoms with van der Waals surface area (Å²) in [5.74, 6) is 0.909. The summed E-state index contributed by atoms with van der Waals surface area (Å²) in [5.41, 5.74) is 2.08. The van der Waals surface area contributed by atoms with Crippen molar-refractivity contribution in [3.8, 4) is 11.6 Å². The van der Waals surface area contributed by atoms with Gasteiger partial charge in [0.05, 0.1) is 23.0 Å². The van der Waals surface area contributed by atoms with Crippen LogP contribution in [0.3, 0.4) is 0 Å². The molecule has 27 heavy (non-hydrogen) atoms. The number of fused-ring (bicyclic) bond motifs is 1. The zero-order valence-electron chi connectivity index (χ0n) is 14.6. The normalized spacial score (nSPS) is 10.6. The van der Waals surface area contributed by atoms with E-state index in [1.807, 2.05) is 36.4 Å². The molecule has 0 bridgehead atoms. The lowest BCUT2D eigenvalue weighted by Crippen LogP contribution is -2.26. The highest BCUT2D eigenvalue weighted by molar-refractivity contribution is 6.05. The smallest absolute Gasteiger partial charge is 0.259 e. The summed E-state index contributed by atoms with van der Waals surface area (Å²) in [5, 5.41) is 0.986. The van der Waals surface area contributed by atoms with Gasteiger partial charge >= 0.3 is 0 Å². The van der Waals surface area contributed by atoms with Crippen LogP contribution in [0, 0.1) is 0 Å². The average Bonchev–Trinajstić information content (AvgIpc) is 2.74. The van der Waals surface area contributed by atoms with Crippen molar-refractivity contribution >= 4 is 22.5 Å². The maximum Gasteiger partial charge on any atom is 0.259 e. The maximum atomic E-state index is 12.6. The summed E-state index contributed by atoms with van der Waals surface area (Å²) in [7, 11) is 1.70. The number of ether oxygens (including phenoxy) is 1. The molecule has 0 atom stereocenters. The van der Waals surface area contributed by atoms with Crippen molar-refractivity contribution in [3.05, 3.63) is 84.9 Å². The highest BCUT2D eigenvalue weighted by Gasteiger charge is 2.14. The van der Waals surface area contributed by atoms with Gasteiger partial charge in [-0.1, -0.05) is 6.07 Å². The molecular weight excluding hydrogens is 340 g/mol. The van der Waals surface area contributed by atoms with Crippen LogP contribution in [0.4, 0.5) is 5.69 Å². The third-order valence-corrected chi connectivity index (χ3v) is 4.12. The van der Waals surface area contributed by atoms with Gasteiger partial charge in [0.15, 0.2) is 0 Å². The van der Waals surface area contributed by atoms with Crippen molar-refractivity contribution < 1.29 is 9.53 Å². The standard InChI is InChI=1S/C21H16N4O2/c1-25(17-5-3-10-22-14-17)21(26)16-6-9-20(24-13-16)27-18-7-8-19-15(12-18)4-2-11-23-19/h2-14H,1H3. The van der Waals surface area contributed by atoms with Gasteiger partial charge in [-0.25, -0.2) is 4.98 Å². The molecule has 132 valence electrons. The van der Waals surface area contributed by atoms with Crippen LogP contribution in [0.2, 0.25) is 0 Å². The highest BCUT2D eigenvalue weighted by Crippen LogP contribution is 2.24. The number of rotatable bonds is 4. The van der Waals surface area contributed by atoms with Crippen molar-refractivity contribution in [1.29, 1.82) is 0 Å². The lowest BCUT2D eigenvalue weighted by Gasteiger charge is -2.16. The lowest BCUT2D eigenvalue weighted by atomic mass is 10.2. The van der Waals surface area contributed by atoms with Gasteiger partial charge in [-0.2, -0.15) is 0 Å². The molecule has 0 fully saturated rings. The van der Waals surface area contributed by atoms with E-state index in [9.17, 15) is 4.79 Å². The van der Waals surface area contributed by atoms with E-state index in [0.717, 1.165) is 10.9 Å². The average molecular weight is 356 g/mol. The Balaban J connectivity index is 1.50. The summed E-state index contributed by atoms with van der Waals surface area (Å²) in [6, 6.07) is 16.5. The maximum absolute atomic E-state index is 12.6. The summed E-state index contributed by atoms with van der Waals surface area (Å²) < 4.78 is 5.79. The predicted octanol–water partition coefficient (Wildman–Crippen LogP) is 4.09. The molecule has 3 aromatic heterocycles. The van der Waals surface area contributed by atoms with Crippen molar-refractivity contribution in [2.24, 2.45) is 0 Å². The van der Waals surface area contributed by atoms with Crippen molar-refractivity contribution in [2.45, 2.75) is 0 Å². The summed E-state index contributed by atoms with van der Waals surface area (Å²) in [4.78, 5) is 26.7. The van der Waals surface area contributed by atoms with Crippen LogP contribution in [0.5, 0.6) is 11.6 Å². The minimum absolute atomic E-state index is 0.168. The van der Waals surface area contributed by atoms with E-state index >= 15 is 0 Å². The monoisotopic (exact) mass is 356 g/mol. The van der Waals surface area contributed by atoms with Gasteiger partial charge in [0.25, 0.3) is 5.91 Å². The third kappa shape index (κ3) is 3.59. The molecule has 3 heterocycles. The molecule has 0 spiro atoms. The topological polar surface area (TPSA) is 68.2 Å². The fourth-order valence-corrected chi connectivity index (χ4v) is 2.67. The van der Waals surface area contributed by atoms with E-state index in [2.05, 4.69) is 15.0 Å². The molecule has 1 amide bonds. The fourth-order valence-electron chi connectivity index (χ4n) is 2.67. The van der Waals surface area contributed by atoms with E-state index in [1.54, 1.807) is 43.8 Å². The first-order chi connectivity index (χ1) is 13.2. The molecule has 0 N–H and O–H groups in total. The number of amides is 1. The predicted molar refractivity (Wildman–Crippen MR) is 103 cm³/mol. The second kappa shape index (κ2) is 7.21. The molecule has 0 aliphatic rings. The zero-order chi connectivity index (χ0) is 18.6. The number of nitrogens with zero attached hydrogens (tertiary/aromatic N) is 4. The quantitative estimate of drug-likeness (QED) is 0.551. The number of pyridine rings is 3. The molecule has 4 rings (SSSR count). The molecule has 0 saturated carbocycles. The minimum atomic E-state index is -0.168. The van der Waals surface area contributed by atoms with Crippen LogP contribution in [0.1, 0.15) is 10.4 Å². The number of carbonyl (C=O) groups is 1. The number of hydrogen-bond acceptors (Lipinski definition) is 5. The Morgan fingerprint density at radius 2 is 1.85 bits per heavy atom. The second-order valence-electron chi connectivity index (χ2n) is 5.92. The van der Waals surface area contributed by atoms with E-state index in [0.29, 0.717) is 22.9 Å². The third-order valence-electron chi connectivity index (χ3n) is 4.12. The number of aromatic nitrogens is 3. The van der Waals surface area contributed by atoms with Crippen LogP contribution in [0.25, 0.3) is 10.9 Å². The van der Waals surface area contributed by atoms with Crippen LogP contribution < -0.4 is 9.64 Å². The van der Waals surface area contributed by atoms with Gasteiger partial charge in [0, 0.05) is 37.1 Å². The first-order valence-electron chi connectivity index (χ1n) is 8.37. The molecule has 4 aromatic rings. The molecule has 0 unspecified atom stereocenters. The minimum Gasteiger partial charge on any atom is -0.439 e. The lowest BCUT2D eigenvalue weighted by molar-refractivity contribution is 0.0992. The highest BCUT2D eigenvalue weighted by atomic mass is 16.5. The molecule has 0 aliphatic carbocycles. The SMILES string of the molecule is CN(C(=O)c1ccc(Oc2ccc3ncccc3c2)nc1)c1cccnc1. The molecular formula is C21H16N4O2. The number of benzene rings is 1. The Morgan fingerprint density at radius 1 is 0.963 bits per heavy atom. The Hall–Kier alpha value is -3.80. The van der Waals surface area contributed by atoms with Crippen LogP contribution in [-0.4, -0.2) is 27.9 Å². The van der Waals surface area contributed by atoms with Gasteiger partial charge in [-0.3, -0.25) is 14.8 Å². The van der Waals surface area contributed by atoms with Gasteiger partial charge < -0.3 is 9.64 Å². The van der Waals surface area contributed by atoms with Gasteiger partial charge in [-0.05, 0) is 42.5 Å². The Kier molecular flexibility index (Phi) is 4.45. The van der Waals surface area contributed by atoms with Crippen LogP contribution in [0.15, 0.2) is 79.4 Å². The molecule has 0 saturated heterocycles. The number of anilines is 1. The molecule has 0 aliphatic heterocycles. The Labute approximate surface area is 156 Å². The second-order valence-corrected chi connectivity index (χ2v) is 5.92. The largest absolute Gasteiger partial charge is 0.439 e. The summed E-state index contributed by atoms with van der Waals surface area (Å²) in [6.07, 6.45) is 6.56. The van der Waals surface area contributed by atoms with Crippen molar-refractivity contribution in [2.75, 3.05) is 11.9 Å². The van der Waals surface area contributed by atoms with Crippen LogP contribution >= 0.6 is 0 Å². The zero-order valence-corrected chi connectivity index (χ0v) is 14.6. The Bertz CT molecular complexity index is 1080. The molecule has 1 aromatic carbocycles. The fraction of sp³-hybridized carbons (Fsp3) is 0.0476. The van der Waals surface area contributed by atoms with E-state index < -0.39 is 0 Å². The van der Waals surface area contributed by atoms with E-state index in [4.69, 9.17) is 4.74 Å². The van der Waals surface area contributed by atoms with Crippen molar-refractivity contribution in [3.63, 3.8) is 0 Å². The Morgan fingerprint density at radius 3 is 2.63 bits per heavy atom. The van der Waals surface area contributed by atoms with Crippen LogP contribution in [-0.2, 0) is 0 Å². The van der Waals surface area contributed by atoms with Gasteiger partial charge in [-0.15, -0.1) is 0 Å². The van der Waals surface area contributed by atoms with E-state index in [-0.39, 0.29) is 5.91 Å². The van der Waals surface area contributed by atoms with Gasteiger partial charge in [0.2, 0.25) is 5.88 Å².